The molecule has 110 valence electrons. The zero-order valence-electron chi connectivity index (χ0n) is 12.7. The Labute approximate surface area is 116 Å². The molecule has 1 aliphatic rings. The lowest BCUT2D eigenvalue weighted by Crippen LogP contribution is -2.47. The van der Waals surface area contributed by atoms with Gasteiger partial charge in [0.15, 0.2) is 0 Å². The standard InChI is InChI=1S/C14H27N3O2/c1-9-6-10(2)12(15)7-11(9)14(19)17(5)8-13(18)16(3)4/h9-12H,6-8,15H2,1-5H3. The highest BCUT2D eigenvalue weighted by Gasteiger charge is 2.36. The van der Waals surface area contributed by atoms with Crippen molar-refractivity contribution in [3.05, 3.63) is 0 Å². The topological polar surface area (TPSA) is 66.6 Å². The van der Waals surface area contributed by atoms with Gasteiger partial charge in [0.1, 0.15) is 0 Å². The molecule has 4 unspecified atom stereocenters. The second-order valence-electron chi connectivity index (χ2n) is 6.18. The van der Waals surface area contributed by atoms with E-state index in [0.29, 0.717) is 11.8 Å². The summed E-state index contributed by atoms with van der Waals surface area (Å²) >= 11 is 0. The summed E-state index contributed by atoms with van der Waals surface area (Å²) in [5.74, 6) is 0.736. The molecule has 4 atom stereocenters. The molecule has 2 N–H and O–H groups in total. The molecule has 0 radical (unpaired) electrons. The second-order valence-corrected chi connectivity index (χ2v) is 6.18. The van der Waals surface area contributed by atoms with Crippen LogP contribution in [0.1, 0.15) is 26.7 Å². The van der Waals surface area contributed by atoms with E-state index in [9.17, 15) is 9.59 Å². The lowest BCUT2D eigenvalue weighted by Gasteiger charge is -2.37. The molecule has 1 saturated carbocycles. The van der Waals surface area contributed by atoms with Crippen LogP contribution in [0, 0.1) is 17.8 Å². The SMILES string of the molecule is CC1CC(C)C(C(=O)N(C)CC(=O)N(C)C)CC1N. The van der Waals surface area contributed by atoms with Crippen molar-refractivity contribution in [2.75, 3.05) is 27.7 Å². The Bertz CT molecular complexity index is 344. The molecule has 0 saturated heterocycles. The third-order valence-corrected chi connectivity index (χ3v) is 4.25. The number of carbonyl (C=O) groups is 2. The fourth-order valence-electron chi connectivity index (χ4n) is 2.73. The Morgan fingerprint density at radius 2 is 1.68 bits per heavy atom. The summed E-state index contributed by atoms with van der Waals surface area (Å²) in [6.07, 6.45) is 1.70. The molecular weight excluding hydrogens is 242 g/mol. The van der Waals surface area contributed by atoms with E-state index in [4.69, 9.17) is 5.73 Å². The summed E-state index contributed by atoms with van der Waals surface area (Å²) in [5.41, 5.74) is 6.07. The van der Waals surface area contributed by atoms with Crippen LogP contribution in [0.4, 0.5) is 0 Å². The number of hydrogen-bond acceptors (Lipinski definition) is 3. The van der Waals surface area contributed by atoms with Gasteiger partial charge in [0.05, 0.1) is 6.54 Å². The van der Waals surface area contributed by atoms with Crippen LogP contribution < -0.4 is 5.73 Å². The number of likely N-dealkylation sites (N-methyl/N-ethyl adjacent to an activating group) is 2. The number of rotatable bonds is 3. The Balaban J connectivity index is 2.63. The fraction of sp³-hybridized carbons (Fsp3) is 0.857. The summed E-state index contributed by atoms with van der Waals surface area (Å²) in [7, 11) is 5.09. The van der Waals surface area contributed by atoms with Crippen molar-refractivity contribution in [1.29, 1.82) is 0 Å². The highest BCUT2D eigenvalue weighted by molar-refractivity contribution is 5.85. The van der Waals surface area contributed by atoms with Crippen molar-refractivity contribution in [3.8, 4) is 0 Å². The van der Waals surface area contributed by atoms with Crippen LogP contribution >= 0.6 is 0 Å². The zero-order chi connectivity index (χ0) is 14.7. The third-order valence-electron chi connectivity index (χ3n) is 4.25. The second kappa shape index (κ2) is 6.37. The van der Waals surface area contributed by atoms with Crippen LogP contribution in [0.5, 0.6) is 0 Å². The summed E-state index contributed by atoms with van der Waals surface area (Å²) in [6.45, 7) is 4.38. The first-order valence-corrected chi connectivity index (χ1v) is 6.94. The first-order valence-electron chi connectivity index (χ1n) is 6.94. The zero-order valence-corrected chi connectivity index (χ0v) is 12.7. The average Bonchev–Trinajstić information content (AvgIpc) is 2.32. The monoisotopic (exact) mass is 269 g/mol. The third kappa shape index (κ3) is 3.93. The van der Waals surface area contributed by atoms with Gasteiger partial charge in [-0.15, -0.1) is 0 Å². The lowest BCUT2D eigenvalue weighted by molar-refractivity contribution is -0.143. The molecule has 2 amide bonds. The van der Waals surface area contributed by atoms with Crippen LogP contribution in [0.15, 0.2) is 0 Å². The number of hydrogen-bond donors (Lipinski definition) is 1. The van der Waals surface area contributed by atoms with Crippen LogP contribution in [0.3, 0.4) is 0 Å². The molecule has 0 aromatic heterocycles. The molecular formula is C14H27N3O2. The number of amides is 2. The average molecular weight is 269 g/mol. The molecule has 0 aromatic rings. The van der Waals surface area contributed by atoms with E-state index in [1.807, 2.05) is 0 Å². The summed E-state index contributed by atoms with van der Waals surface area (Å²) in [5, 5.41) is 0. The normalized spacial score (nSPS) is 30.8. The Kier molecular flexibility index (Phi) is 5.35. The minimum absolute atomic E-state index is 0.0463. The van der Waals surface area contributed by atoms with Crippen molar-refractivity contribution < 1.29 is 9.59 Å². The number of carbonyl (C=O) groups excluding carboxylic acids is 2. The van der Waals surface area contributed by atoms with Gasteiger partial charge in [0.25, 0.3) is 0 Å². The smallest absolute Gasteiger partial charge is 0.241 e. The number of nitrogens with two attached hydrogens (primary N) is 1. The van der Waals surface area contributed by atoms with Gasteiger partial charge in [0.2, 0.25) is 11.8 Å². The minimum atomic E-state index is -0.0584. The van der Waals surface area contributed by atoms with E-state index in [1.54, 1.807) is 21.1 Å². The molecule has 0 heterocycles. The molecule has 0 spiro atoms. The largest absolute Gasteiger partial charge is 0.347 e. The van der Waals surface area contributed by atoms with Gasteiger partial charge in [-0.25, -0.2) is 0 Å². The predicted molar refractivity (Wildman–Crippen MR) is 75.4 cm³/mol. The van der Waals surface area contributed by atoms with E-state index in [1.165, 1.54) is 9.80 Å². The lowest BCUT2D eigenvalue weighted by atomic mass is 9.72. The first kappa shape index (κ1) is 16.0. The van der Waals surface area contributed by atoms with Gasteiger partial charge >= 0.3 is 0 Å². The van der Waals surface area contributed by atoms with Crippen LogP contribution in [-0.2, 0) is 9.59 Å². The predicted octanol–water partition coefficient (Wildman–Crippen LogP) is 0.543. The molecule has 19 heavy (non-hydrogen) atoms. The molecule has 1 rings (SSSR count). The maximum atomic E-state index is 12.4. The highest BCUT2D eigenvalue weighted by atomic mass is 16.2. The molecule has 1 fully saturated rings. The van der Waals surface area contributed by atoms with Gasteiger partial charge in [-0.05, 0) is 24.7 Å². The maximum Gasteiger partial charge on any atom is 0.241 e. The van der Waals surface area contributed by atoms with Crippen molar-refractivity contribution >= 4 is 11.8 Å². The van der Waals surface area contributed by atoms with Crippen molar-refractivity contribution in [1.82, 2.24) is 9.80 Å². The molecule has 0 bridgehead atoms. The van der Waals surface area contributed by atoms with Gasteiger partial charge in [0, 0.05) is 33.1 Å². The Morgan fingerprint density at radius 1 is 1.11 bits per heavy atom. The van der Waals surface area contributed by atoms with Gasteiger partial charge < -0.3 is 15.5 Å². The fourth-order valence-corrected chi connectivity index (χ4v) is 2.73. The molecule has 5 heteroatoms. The Morgan fingerprint density at radius 3 is 2.21 bits per heavy atom. The first-order chi connectivity index (χ1) is 8.73. The van der Waals surface area contributed by atoms with Gasteiger partial charge in [-0.3, -0.25) is 9.59 Å². The molecule has 0 aliphatic heterocycles. The summed E-state index contributed by atoms with van der Waals surface area (Å²) < 4.78 is 0. The van der Waals surface area contributed by atoms with E-state index < -0.39 is 0 Å². The van der Waals surface area contributed by atoms with E-state index >= 15 is 0 Å². The molecule has 5 nitrogen and oxygen atoms in total. The minimum Gasteiger partial charge on any atom is -0.347 e. The summed E-state index contributed by atoms with van der Waals surface area (Å²) in [4.78, 5) is 27.1. The van der Waals surface area contributed by atoms with Crippen LogP contribution in [-0.4, -0.2) is 55.3 Å². The van der Waals surface area contributed by atoms with Gasteiger partial charge in [-0.2, -0.15) is 0 Å². The van der Waals surface area contributed by atoms with E-state index in [0.717, 1.165) is 12.8 Å². The van der Waals surface area contributed by atoms with Crippen molar-refractivity contribution in [2.24, 2.45) is 23.5 Å². The van der Waals surface area contributed by atoms with E-state index in [2.05, 4.69) is 13.8 Å². The van der Waals surface area contributed by atoms with Crippen LogP contribution in [0.25, 0.3) is 0 Å². The maximum absolute atomic E-state index is 12.4. The molecule has 1 aliphatic carbocycles. The molecule has 0 aromatic carbocycles. The van der Waals surface area contributed by atoms with E-state index in [-0.39, 0.29) is 30.3 Å². The van der Waals surface area contributed by atoms with Crippen molar-refractivity contribution in [3.63, 3.8) is 0 Å². The number of nitrogens with zero attached hydrogens (tertiary/aromatic N) is 2. The van der Waals surface area contributed by atoms with Gasteiger partial charge in [-0.1, -0.05) is 13.8 Å². The highest BCUT2D eigenvalue weighted by Crippen LogP contribution is 2.33. The summed E-state index contributed by atoms with van der Waals surface area (Å²) in [6, 6.07) is 0.0862. The van der Waals surface area contributed by atoms with Crippen molar-refractivity contribution in [2.45, 2.75) is 32.7 Å². The Hall–Kier alpha value is -1.10. The quantitative estimate of drug-likeness (QED) is 0.813. The van der Waals surface area contributed by atoms with Crippen LogP contribution in [0.2, 0.25) is 0 Å².